The Kier molecular flexibility index (Phi) is 5.35. The van der Waals surface area contributed by atoms with E-state index in [4.69, 9.17) is 0 Å². The van der Waals surface area contributed by atoms with Gasteiger partial charge in [0.25, 0.3) is 0 Å². The predicted molar refractivity (Wildman–Crippen MR) is 69.9 cm³/mol. The lowest BCUT2D eigenvalue weighted by atomic mass is 10.1. The monoisotopic (exact) mass is 238 g/mol. The van der Waals surface area contributed by atoms with Crippen LogP contribution >= 0.6 is 11.8 Å². The van der Waals surface area contributed by atoms with E-state index in [0.717, 1.165) is 10.6 Å². The van der Waals surface area contributed by atoms with Crippen LogP contribution in [-0.4, -0.2) is 25.8 Å². The van der Waals surface area contributed by atoms with Gasteiger partial charge >= 0.3 is 0 Å². The van der Waals surface area contributed by atoms with E-state index in [-0.39, 0.29) is 11.8 Å². The highest BCUT2D eigenvalue weighted by Gasteiger charge is 2.12. The highest BCUT2D eigenvalue weighted by atomic mass is 32.2. The summed E-state index contributed by atoms with van der Waals surface area (Å²) >= 11 is 1.63. The van der Waals surface area contributed by atoms with Gasteiger partial charge in [0, 0.05) is 17.4 Å². The summed E-state index contributed by atoms with van der Waals surface area (Å²) in [4.78, 5) is 12.9. The van der Waals surface area contributed by atoms with Crippen LogP contribution in [0.1, 0.15) is 6.92 Å². The third-order valence-corrected chi connectivity index (χ3v) is 3.12. The highest BCUT2D eigenvalue weighted by Crippen LogP contribution is 2.24. The van der Waals surface area contributed by atoms with Crippen molar-refractivity contribution < 1.29 is 4.79 Å². The summed E-state index contributed by atoms with van der Waals surface area (Å²) in [5.41, 5.74) is 0.892. The number of rotatable bonds is 5. The number of hydrogen-bond donors (Lipinski definition) is 2. The van der Waals surface area contributed by atoms with Crippen molar-refractivity contribution in [2.45, 2.75) is 11.8 Å². The molecule has 3 nitrogen and oxygen atoms in total. The second kappa shape index (κ2) is 6.55. The Bertz CT molecular complexity index is 355. The minimum Gasteiger partial charge on any atom is -0.325 e. The lowest BCUT2D eigenvalue weighted by Gasteiger charge is -2.13. The molecule has 4 heteroatoms. The molecule has 0 saturated carbocycles. The lowest BCUT2D eigenvalue weighted by Crippen LogP contribution is -2.28. The van der Waals surface area contributed by atoms with Crippen molar-refractivity contribution in [3.8, 4) is 0 Å². The van der Waals surface area contributed by atoms with Crippen LogP contribution in [0.15, 0.2) is 29.2 Å². The van der Waals surface area contributed by atoms with Crippen molar-refractivity contribution in [2.24, 2.45) is 5.92 Å². The van der Waals surface area contributed by atoms with Gasteiger partial charge in [-0.05, 0) is 25.4 Å². The van der Waals surface area contributed by atoms with E-state index in [1.807, 2.05) is 44.5 Å². The summed E-state index contributed by atoms with van der Waals surface area (Å²) in [5.74, 6) is 0.0239. The van der Waals surface area contributed by atoms with Gasteiger partial charge in [-0.2, -0.15) is 0 Å². The Balaban J connectivity index is 2.69. The van der Waals surface area contributed by atoms with Gasteiger partial charge < -0.3 is 10.6 Å². The predicted octanol–water partition coefficient (Wildman–Crippen LogP) is 2.20. The van der Waals surface area contributed by atoms with E-state index in [1.54, 1.807) is 11.8 Å². The van der Waals surface area contributed by atoms with Crippen molar-refractivity contribution in [2.75, 3.05) is 25.2 Å². The van der Waals surface area contributed by atoms with E-state index in [9.17, 15) is 4.79 Å². The van der Waals surface area contributed by atoms with Crippen molar-refractivity contribution in [3.05, 3.63) is 24.3 Å². The first-order chi connectivity index (χ1) is 7.69. The number of nitrogens with one attached hydrogen (secondary N) is 2. The number of carbonyl (C=O) groups is 1. The topological polar surface area (TPSA) is 41.1 Å². The van der Waals surface area contributed by atoms with Gasteiger partial charge in [0.1, 0.15) is 0 Å². The molecule has 1 aromatic carbocycles. The fourth-order valence-electron chi connectivity index (χ4n) is 1.40. The highest BCUT2D eigenvalue weighted by molar-refractivity contribution is 7.98. The van der Waals surface area contributed by atoms with Gasteiger partial charge in [-0.15, -0.1) is 11.8 Å². The zero-order chi connectivity index (χ0) is 12.0. The van der Waals surface area contributed by atoms with Crippen LogP contribution in [-0.2, 0) is 4.79 Å². The fourth-order valence-corrected chi connectivity index (χ4v) is 1.96. The molecular weight excluding hydrogens is 220 g/mol. The van der Waals surface area contributed by atoms with Gasteiger partial charge in [0.15, 0.2) is 0 Å². The van der Waals surface area contributed by atoms with Gasteiger partial charge in [0.05, 0.1) is 5.69 Å². The van der Waals surface area contributed by atoms with Crippen LogP contribution in [0.2, 0.25) is 0 Å². The van der Waals surface area contributed by atoms with Crippen LogP contribution in [0.25, 0.3) is 0 Å². The molecule has 0 spiro atoms. The third-order valence-electron chi connectivity index (χ3n) is 2.32. The molecule has 16 heavy (non-hydrogen) atoms. The Morgan fingerprint density at radius 1 is 1.44 bits per heavy atom. The van der Waals surface area contributed by atoms with E-state index in [0.29, 0.717) is 6.54 Å². The van der Waals surface area contributed by atoms with Crippen molar-refractivity contribution in [3.63, 3.8) is 0 Å². The molecule has 0 aliphatic rings. The lowest BCUT2D eigenvalue weighted by molar-refractivity contribution is -0.119. The van der Waals surface area contributed by atoms with Crippen LogP contribution < -0.4 is 10.6 Å². The van der Waals surface area contributed by atoms with Crippen LogP contribution in [0.3, 0.4) is 0 Å². The first kappa shape index (κ1) is 13.1. The van der Waals surface area contributed by atoms with Crippen LogP contribution in [0.4, 0.5) is 5.69 Å². The smallest absolute Gasteiger partial charge is 0.228 e. The molecule has 0 radical (unpaired) electrons. The average Bonchev–Trinajstić information content (AvgIpc) is 2.30. The van der Waals surface area contributed by atoms with Crippen molar-refractivity contribution in [1.29, 1.82) is 0 Å². The zero-order valence-electron chi connectivity index (χ0n) is 9.91. The van der Waals surface area contributed by atoms with Crippen LogP contribution in [0.5, 0.6) is 0 Å². The maximum Gasteiger partial charge on any atom is 0.228 e. The minimum atomic E-state index is -0.0279. The number of para-hydroxylation sites is 1. The van der Waals surface area contributed by atoms with E-state index in [2.05, 4.69) is 10.6 Å². The maximum atomic E-state index is 11.8. The normalized spacial score (nSPS) is 12.2. The van der Waals surface area contributed by atoms with Crippen molar-refractivity contribution >= 4 is 23.4 Å². The molecule has 0 saturated heterocycles. The van der Waals surface area contributed by atoms with E-state index < -0.39 is 0 Å². The standard InChI is InChI=1S/C12H18N2OS/c1-9(8-13-2)12(15)14-10-6-4-5-7-11(10)16-3/h4-7,9,13H,8H2,1-3H3,(H,14,15). The first-order valence-corrected chi connectivity index (χ1v) is 6.50. The number of anilines is 1. The molecule has 1 atom stereocenters. The Hall–Kier alpha value is -1.00. The SMILES string of the molecule is CNCC(C)C(=O)Nc1ccccc1SC. The quantitative estimate of drug-likeness (QED) is 0.773. The molecule has 1 amide bonds. The summed E-state index contributed by atoms with van der Waals surface area (Å²) in [5, 5.41) is 5.94. The third kappa shape index (κ3) is 3.54. The second-order valence-electron chi connectivity index (χ2n) is 3.65. The van der Waals surface area contributed by atoms with Crippen LogP contribution in [0, 0.1) is 5.92 Å². The van der Waals surface area contributed by atoms with Crippen molar-refractivity contribution in [1.82, 2.24) is 5.32 Å². The number of hydrogen-bond acceptors (Lipinski definition) is 3. The molecule has 1 unspecified atom stereocenters. The van der Waals surface area contributed by atoms with Gasteiger partial charge in [-0.25, -0.2) is 0 Å². The minimum absolute atomic E-state index is 0.0279. The molecule has 0 heterocycles. The molecule has 1 aromatic rings. The molecule has 0 aliphatic heterocycles. The Labute approximate surface area is 101 Å². The molecule has 0 aromatic heterocycles. The molecule has 0 fully saturated rings. The summed E-state index contributed by atoms with van der Waals surface area (Å²) in [6, 6.07) is 7.83. The summed E-state index contributed by atoms with van der Waals surface area (Å²) in [7, 11) is 1.85. The number of carbonyl (C=O) groups excluding carboxylic acids is 1. The second-order valence-corrected chi connectivity index (χ2v) is 4.50. The van der Waals surface area contributed by atoms with E-state index >= 15 is 0 Å². The zero-order valence-corrected chi connectivity index (χ0v) is 10.7. The molecule has 88 valence electrons. The largest absolute Gasteiger partial charge is 0.325 e. The maximum absolute atomic E-state index is 11.8. The average molecular weight is 238 g/mol. The molecule has 2 N–H and O–H groups in total. The fraction of sp³-hybridized carbons (Fsp3) is 0.417. The first-order valence-electron chi connectivity index (χ1n) is 5.27. The number of benzene rings is 1. The Morgan fingerprint density at radius 3 is 2.75 bits per heavy atom. The summed E-state index contributed by atoms with van der Waals surface area (Å²) in [6.45, 7) is 2.60. The number of amides is 1. The van der Waals surface area contributed by atoms with Gasteiger partial charge in [0.2, 0.25) is 5.91 Å². The number of thioether (sulfide) groups is 1. The molecule has 0 bridgehead atoms. The van der Waals surface area contributed by atoms with Gasteiger partial charge in [-0.3, -0.25) is 4.79 Å². The molecule has 0 aliphatic carbocycles. The van der Waals surface area contributed by atoms with Gasteiger partial charge in [-0.1, -0.05) is 19.1 Å². The van der Waals surface area contributed by atoms with E-state index in [1.165, 1.54) is 0 Å². The Morgan fingerprint density at radius 2 is 2.12 bits per heavy atom. The molecular formula is C12H18N2OS. The molecule has 1 rings (SSSR count). The summed E-state index contributed by atoms with van der Waals surface area (Å²) < 4.78 is 0. The summed E-state index contributed by atoms with van der Waals surface area (Å²) in [6.07, 6.45) is 2.00.